The summed E-state index contributed by atoms with van der Waals surface area (Å²) >= 11 is 0. The van der Waals surface area contributed by atoms with Gasteiger partial charge in [0.15, 0.2) is 0 Å². The van der Waals surface area contributed by atoms with Crippen LogP contribution in [0.15, 0.2) is 11.6 Å². The quantitative estimate of drug-likeness (QED) is 0.504. The molecule has 3 nitrogen and oxygen atoms in total. The van der Waals surface area contributed by atoms with Gasteiger partial charge in [0.2, 0.25) is 0 Å². The van der Waals surface area contributed by atoms with Crippen molar-refractivity contribution >= 4 is 5.97 Å². The second kappa shape index (κ2) is 5.81. The Kier molecular flexibility index (Phi) is 5.46. The summed E-state index contributed by atoms with van der Waals surface area (Å²) in [6.07, 6.45) is 2.44. The molecular formula is C11H20O3. The van der Waals surface area contributed by atoms with E-state index in [1.807, 2.05) is 20.8 Å². The first-order chi connectivity index (χ1) is 6.43. The van der Waals surface area contributed by atoms with Crippen LogP contribution in [0, 0.1) is 0 Å². The molecule has 0 aliphatic heterocycles. The van der Waals surface area contributed by atoms with Crippen LogP contribution in [-0.4, -0.2) is 25.3 Å². The summed E-state index contributed by atoms with van der Waals surface area (Å²) in [6, 6.07) is 0. The fourth-order valence-corrected chi connectivity index (χ4v) is 0.723. The molecule has 0 fully saturated rings. The normalized spacial score (nSPS) is 12.8. The van der Waals surface area contributed by atoms with E-state index in [2.05, 4.69) is 0 Å². The summed E-state index contributed by atoms with van der Waals surface area (Å²) in [4.78, 5) is 11.2. The van der Waals surface area contributed by atoms with E-state index in [1.54, 1.807) is 20.1 Å². The third-order valence-electron chi connectivity index (χ3n) is 2.24. The van der Waals surface area contributed by atoms with Gasteiger partial charge in [-0.3, -0.25) is 0 Å². The fraction of sp³-hybridized carbons (Fsp3) is 0.727. The van der Waals surface area contributed by atoms with Crippen LogP contribution in [0.3, 0.4) is 0 Å². The summed E-state index contributed by atoms with van der Waals surface area (Å²) < 4.78 is 10.2. The number of carbonyl (C=O) groups is 1. The largest absolute Gasteiger partial charge is 0.462 e. The lowest BCUT2D eigenvalue weighted by atomic mass is 10.1. The number of hydrogen-bond donors (Lipinski definition) is 0. The van der Waals surface area contributed by atoms with Crippen molar-refractivity contribution in [2.45, 2.75) is 39.7 Å². The van der Waals surface area contributed by atoms with Crippen LogP contribution < -0.4 is 0 Å². The van der Waals surface area contributed by atoms with Gasteiger partial charge in [-0.25, -0.2) is 4.79 Å². The maximum atomic E-state index is 11.2. The van der Waals surface area contributed by atoms with E-state index >= 15 is 0 Å². The molecule has 0 heterocycles. The Bertz CT molecular complexity index is 217. The molecule has 0 spiro atoms. The molecule has 0 saturated carbocycles. The number of hydrogen-bond acceptors (Lipinski definition) is 3. The Balaban J connectivity index is 3.81. The summed E-state index contributed by atoms with van der Waals surface area (Å²) in [6.45, 7) is 7.87. The van der Waals surface area contributed by atoms with Gasteiger partial charge in [0.05, 0.1) is 12.2 Å². The van der Waals surface area contributed by atoms with E-state index in [1.165, 1.54) is 0 Å². The molecule has 0 bridgehead atoms. The van der Waals surface area contributed by atoms with Gasteiger partial charge in [-0.05, 0) is 27.7 Å². The monoisotopic (exact) mass is 200 g/mol. The summed E-state index contributed by atoms with van der Waals surface area (Å²) in [7, 11) is 1.65. The zero-order chi connectivity index (χ0) is 11.2. The fourth-order valence-electron chi connectivity index (χ4n) is 0.723. The number of carbonyl (C=O) groups excluding carboxylic acids is 1. The SMILES string of the molecule is CC=C(C)C(=O)OCCC(C)(C)OC. The predicted molar refractivity (Wildman–Crippen MR) is 56.1 cm³/mol. The topological polar surface area (TPSA) is 35.5 Å². The molecule has 0 aliphatic rings. The Morgan fingerprint density at radius 2 is 2.00 bits per heavy atom. The van der Waals surface area contributed by atoms with Crippen LogP contribution in [0.25, 0.3) is 0 Å². The molecular weight excluding hydrogens is 180 g/mol. The maximum Gasteiger partial charge on any atom is 0.333 e. The van der Waals surface area contributed by atoms with Crippen LogP contribution in [0.4, 0.5) is 0 Å². The molecule has 14 heavy (non-hydrogen) atoms. The minimum atomic E-state index is -0.251. The Morgan fingerprint density at radius 3 is 2.43 bits per heavy atom. The Morgan fingerprint density at radius 1 is 1.43 bits per heavy atom. The first-order valence-corrected chi connectivity index (χ1v) is 4.78. The second-order valence-electron chi connectivity index (χ2n) is 3.82. The van der Waals surface area contributed by atoms with E-state index in [0.29, 0.717) is 18.6 Å². The van der Waals surface area contributed by atoms with Crippen molar-refractivity contribution in [1.29, 1.82) is 0 Å². The van der Waals surface area contributed by atoms with Gasteiger partial charge in [-0.15, -0.1) is 0 Å². The van der Waals surface area contributed by atoms with Gasteiger partial charge in [0.1, 0.15) is 0 Å². The zero-order valence-corrected chi connectivity index (χ0v) is 9.72. The highest BCUT2D eigenvalue weighted by atomic mass is 16.5. The average Bonchev–Trinajstić information content (AvgIpc) is 2.16. The van der Waals surface area contributed by atoms with Crippen LogP contribution >= 0.6 is 0 Å². The molecule has 0 unspecified atom stereocenters. The second-order valence-corrected chi connectivity index (χ2v) is 3.82. The van der Waals surface area contributed by atoms with Crippen LogP contribution in [0.2, 0.25) is 0 Å². The molecule has 0 aromatic heterocycles. The van der Waals surface area contributed by atoms with E-state index < -0.39 is 0 Å². The lowest BCUT2D eigenvalue weighted by Crippen LogP contribution is -2.25. The van der Waals surface area contributed by atoms with E-state index in [9.17, 15) is 4.79 Å². The number of esters is 1. The third-order valence-corrected chi connectivity index (χ3v) is 2.24. The van der Waals surface area contributed by atoms with E-state index in [0.717, 1.165) is 0 Å². The van der Waals surface area contributed by atoms with Crippen molar-refractivity contribution in [1.82, 2.24) is 0 Å². The highest BCUT2D eigenvalue weighted by molar-refractivity contribution is 5.87. The van der Waals surface area contributed by atoms with Crippen molar-refractivity contribution in [3.8, 4) is 0 Å². The molecule has 0 atom stereocenters. The number of allylic oxidation sites excluding steroid dienone is 1. The minimum Gasteiger partial charge on any atom is -0.462 e. The Hall–Kier alpha value is -0.830. The average molecular weight is 200 g/mol. The lowest BCUT2D eigenvalue weighted by molar-refractivity contribution is -0.140. The lowest BCUT2D eigenvalue weighted by Gasteiger charge is -2.22. The molecule has 0 radical (unpaired) electrons. The molecule has 0 aliphatic carbocycles. The van der Waals surface area contributed by atoms with Crippen molar-refractivity contribution in [3.63, 3.8) is 0 Å². The summed E-state index contributed by atoms with van der Waals surface area (Å²) in [5.74, 6) is -0.251. The van der Waals surface area contributed by atoms with Crippen molar-refractivity contribution in [2.24, 2.45) is 0 Å². The van der Waals surface area contributed by atoms with Gasteiger partial charge in [0.25, 0.3) is 0 Å². The highest BCUT2D eigenvalue weighted by Crippen LogP contribution is 2.12. The molecule has 82 valence electrons. The molecule has 0 amide bonds. The Labute approximate surface area is 86.1 Å². The van der Waals surface area contributed by atoms with Crippen molar-refractivity contribution in [3.05, 3.63) is 11.6 Å². The van der Waals surface area contributed by atoms with Gasteiger partial charge >= 0.3 is 5.97 Å². The zero-order valence-electron chi connectivity index (χ0n) is 9.72. The first-order valence-electron chi connectivity index (χ1n) is 4.78. The van der Waals surface area contributed by atoms with Gasteiger partial charge in [0, 0.05) is 19.1 Å². The molecule has 0 rings (SSSR count). The van der Waals surface area contributed by atoms with Gasteiger partial charge in [-0.2, -0.15) is 0 Å². The van der Waals surface area contributed by atoms with E-state index in [-0.39, 0.29) is 11.6 Å². The first kappa shape index (κ1) is 13.2. The number of ether oxygens (including phenoxy) is 2. The van der Waals surface area contributed by atoms with Crippen LogP contribution in [0.5, 0.6) is 0 Å². The van der Waals surface area contributed by atoms with Gasteiger partial charge in [-0.1, -0.05) is 6.08 Å². The summed E-state index contributed by atoms with van der Waals surface area (Å²) in [5.41, 5.74) is 0.407. The van der Waals surface area contributed by atoms with Gasteiger partial charge < -0.3 is 9.47 Å². The molecule has 0 saturated heterocycles. The standard InChI is InChI=1S/C11H20O3/c1-6-9(2)10(12)14-8-7-11(3,4)13-5/h6H,7-8H2,1-5H3. The molecule has 3 heteroatoms. The van der Waals surface area contributed by atoms with Crippen molar-refractivity contribution in [2.75, 3.05) is 13.7 Å². The maximum absolute atomic E-state index is 11.2. The number of rotatable bonds is 5. The smallest absolute Gasteiger partial charge is 0.333 e. The minimum absolute atomic E-state index is 0.232. The highest BCUT2D eigenvalue weighted by Gasteiger charge is 2.16. The molecule has 0 aromatic rings. The summed E-state index contributed by atoms with van der Waals surface area (Å²) in [5, 5.41) is 0. The van der Waals surface area contributed by atoms with Crippen LogP contribution in [-0.2, 0) is 14.3 Å². The predicted octanol–water partition coefficient (Wildman–Crippen LogP) is 2.31. The number of methoxy groups -OCH3 is 1. The van der Waals surface area contributed by atoms with Crippen molar-refractivity contribution < 1.29 is 14.3 Å². The third kappa shape index (κ3) is 5.02. The van der Waals surface area contributed by atoms with E-state index in [4.69, 9.17) is 9.47 Å². The molecule has 0 N–H and O–H groups in total. The van der Waals surface area contributed by atoms with Crippen LogP contribution in [0.1, 0.15) is 34.1 Å². The molecule has 0 aromatic carbocycles.